The Morgan fingerprint density at radius 3 is 2.14 bits per heavy atom. The normalized spacial score (nSPS) is 11.4. The van der Waals surface area contributed by atoms with Crippen LogP contribution in [-0.4, -0.2) is 50.0 Å². The molecule has 0 heterocycles. The van der Waals surface area contributed by atoms with Crippen LogP contribution in [0.25, 0.3) is 0 Å². The summed E-state index contributed by atoms with van der Waals surface area (Å²) in [7, 11) is 5.82. The smallest absolute Gasteiger partial charge is 0.253 e. The number of hydrogen-bond acceptors (Lipinski definition) is 4. The van der Waals surface area contributed by atoms with Crippen LogP contribution in [-0.2, 0) is 5.54 Å². The lowest BCUT2D eigenvalue weighted by Crippen LogP contribution is -2.36. The molecule has 2 aromatic rings. The van der Waals surface area contributed by atoms with E-state index >= 15 is 0 Å². The van der Waals surface area contributed by atoms with Gasteiger partial charge in [0.1, 0.15) is 5.75 Å². The SMILES string of the molecule is CCN(CC)C(=O)c1ccc(Nc2cccc(OC)c2C(C)(C)N(C)C)cc1. The van der Waals surface area contributed by atoms with Crippen molar-refractivity contribution in [1.29, 1.82) is 0 Å². The van der Waals surface area contributed by atoms with E-state index in [1.54, 1.807) is 7.11 Å². The summed E-state index contributed by atoms with van der Waals surface area (Å²) >= 11 is 0. The highest BCUT2D eigenvalue weighted by atomic mass is 16.5. The molecule has 0 bridgehead atoms. The topological polar surface area (TPSA) is 44.8 Å². The number of amides is 1. The van der Waals surface area contributed by atoms with Gasteiger partial charge in [-0.3, -0.25) is 9.69 Å². The Kier molecular flexibility index (Phi) is 7.08. The van der Waals surface area contributed by atoms with Crippen LogP contribution in [0.2, 0.25) is 0 Å². The minimum absolute atomic E-state index is 0.0624. The lowest BCUT2D eigenvalue weighted by atomic mass is 9.90. The van der Waals surface area contributed by atoms with Gasteiger partial charge in [0.2, 0.25) is 0 Å². The van der Waals surface area contributed by atoms with E-state index < -0.39 is 0 Å². The molecule has 5 heteroatoms. The maximum atomic E-state index is 12.5. The molecule has 0 radical (unpaired) electrons. The van der Waals surface area contributed by atoms with E-state index in [1.165, 1.54) is 0 Å². The van der Waals surface area contributed by atoms with E-state index in [2.05, 4.69) is 44.2 Å². The summed E-state index contributed by atoms with van der Waals surface area (Å²) < 4.78 is 5.64. The third-order valence-electron chi connectivity index (χ3n) is 5.44. The van der Waals surface area contributed by atoms with Crippen LogP contribution in [0, 0.1) is 0 Å². The van der Waals surface area contributed by atoms with Crippen molar-refractivity contribution in [2.45, 2.75) is 33.2 Å². The Morgan fingerprint density at radius 2 is 1.64 bits per heavy atom. The zero-order valence-electron chi connectivity index (χ0n) is 18.2. The number of anilines is 2. The molecule has 0 aliphatic carbocycles. The van der Waals surface area contributed by atoms with E-state index in [-0.39, 0.29) is 11.4 Å². The quantitative estimate of drug-likeness (QED) is 0.716. The van der Waals surface area contributed by atoms with Gasteiger partial charge in [-0.25, -0.2) is 0 Å². The Labute approximate surface area is 169 Å². The molecule has 2 aromatic carbocycles. The molecule has 0 fully saturated rings. The first kappa shape index (κ1) is 21.8. The summed E-state index contributed by atoms with van der Waals surface area (Å²) in [5.41, 5.74) is 3.48. The van der Waals surface area contributed by atoms with Crippen molar-refractivity contribution in [2.75, 3.05) is 39.6 Å². The Hall–Kier alpha value is -2.53. The van der Waals surface area contributed by atoms with Crippen LogP contribution in [0.5, 0.6) is 5.75 Å². The summed E-state index contributed by atoms with van der Waals surface area (Å²) in [6, 6.07) is 13.7. The molecule has 1 amide bonds. The monoisotopic (exact) mass is 383 g/mol. The van der Waals surface area contributed by atoms with E-state index in [1.807, 2.05) is 55.1 Å². The van der Waals surface area contributed by atoms with Gasteiger partial charge < -0.3 is 15.0 Å². The van der Waals surface area contributed by atoms with Crippen molar-refractivity contribution < 1.29 is 9.53 Å². The van der Waals surface area contributed by atoms with Gasteiger partial charge in [0.15, 0.2) is 0 Å². The Bertz CT molecular complexity index is 794. The molecule has 0 saturated heterocycles. The first-order valence-corrected chi connectivity index (χ1v) is 9.77. The number of methoxy groups -OCH3 is 1. The summed E-state index contributed by atoms with van der Waals surface area (Å²) in [5.74, 6) is 0.907. The molecule has 0 saturated carbocycles. The molecular formula is C23H33N3O2. The first-order chi connectivity index (χ1) is 13.3. The third-order valence-corrected chi connectivity index (χ3v) is 5.44. The van der Waals surface area contributed by atoms with Gasteiger partial charge in [0, 0.05) is 41.1 Å². The van der Waals surface area contributed by atoms with Crippen molar-refractivity contribution in [3.63, 3.8) is 0 Å². The second kappa shape index (κ2) is 9.11. The van der Waals surface area contributed by atoms with E-state index in [0.29, 0.717) is 18.7 Å². The maximum absolute atomic E-state index is 12.5. The van der Waals surface area contributed by atoms with Crippen LogP contribution in [0.1, 0.15) is 43.6 Å². The second-order valence-electron chi connectivity index (χ2n) is 7.52. The highest BCUT2D eigenvalue weighted by molar-refractivity contribution is 5.94. The minimum Gasteiger partial charge on any atom is -0.496 e. The zero-order valence-corrected chi connectivity index (χ0v) is 18.2. The largest absolute Gasteiger partial charge is 0.496 e. The van der Waals surface area contributed by atoms with Gasteiger partial charge in [-0.1, -0.05) is 6.07 Å². The Morgan fingerprint density at radius 1 is 1.04 bits per heavy atom. The number of ether oxygens (including phenoxy) is 1. The van der Waals surface area contributed by atoms with Crippen LogP contribution < -0.4 is 10.1 Å². The van der Waals surface area contributed by atoms with Gasteiger partial charge in [-0.15, -0.1) is 0 Å². The molecule has 1 N–H and O–H groups in total. The number of carbonyl (C=O) groups excluding carboxylic acids is 1. The number of carbonyl (C=O) groups is 1. The second-order valence-corrected chi connectivity index (χ2v) is 7.52. The van der Waals surface area contributed by atoms with E-state index in [9.17, 15) is 4.79 Å². The summed E-state index contributed by atoms with van der Waals surface area (Å²) in [4.78, 5) is 16.5. The minimum atomic E-state index is -0.229. The molecule has 0 spiro atoms. The molecule has 0 aliphatic rings. The summed E-state index contributed by atoms with van der Waals surface area (Å²) in [5, 5.41) is 3.50. The third kappa shape index (κ3) is 4.47. The van der Waals surface area contributed by atoms with Gasteiger partial charge >= 0.3 is 0 Å². The molecular weight excluding hydrogens is 350 g/mol. The number of nitrogens with one attached hydrogen (secondary N) is 1. The zero-order chi connectivity index (χ0) is 20.9. The van der Waals surface area contributed by atoms with Gasteiger partial charge in [0.25, 0.3) is 5.91 Å². The standard InChI is InChI=1S/C23H33N3O2/c1-8-26(9-2)22(27)17-13-15-18(16-14-17)24-19-11-10-12-20(28-7)21(19)23(3,4)25(5)6/h10-16,24H,8-9H2,1-7H3. The highest BCUT2D eigenvalue weighted by Crippen LogP contribution is 2.39. The fourth-order valence-electron chi connectivity index (χ4n) is 3.21. The molecule has 2 rings (SSSR count). The van der Waals surface area contributed by atoms with Crippen molar-refractivity contribution in [1.82, 2.24) is 9.80 Å². The average molecular weight is 384 g/mol. The molecule has 152 valence electrons. The van der Waals surface area contributed by atoms with Crippen LogP contribution in [0.3, 0.4) is 0 Å². The lowest BCUT2D eigenvalue weighted by molar-refractivity contribution is 0.0773. The number of rotatable bonds is 8. The fourth-order valence-corrected chi connectivity index (χ4v) is 3.21. The number of nitrogens with zero attached hydrogens (tertiary/aromatic N) is 2. The van der Waals surface area contributed by atoms with Gasteiger partial charge in [0.05, 0.1) is 7.11 Å². The number of benzene rings is 2. The van der Waals surface area contributed by atoms with Crippen molar-refractivity contribution in [2.24, 2.45) is 0 Å². The van der Waals surface area contributed by atoms with E-state index in [4.69, 9.17) is 4.74 Å². The Balaban J connectivity index is 2.35. The average Bonchev–Trinajstić information content (AvgIpc) is 2.68. The van der Waals surface area contributed by atoms with Crippen molar-refractivity contribution >= 4 is 17.3 Å². The van der Waals surface area contributed by atoms with Crippen molar-refractivity contribution in [3.8, 4) is 5.75 Å². The lowest BCUT2D eigenvalue weighted by Gasteiger charge is -2.36. The molecule has 0 aromatic heterocycles. The predicted octanol–water partition coefficient (Wildman–Crippen LogP) is 4.72. The summed E-state index contributed by atoms with van der Waals surface area (Å²) in [6.45, 7) is 9.75. The molecule has 0 atom stereocenters. The van der Waals surface area contributed by atoms with Crippen molar-refractivity contribution in [3.05, 3.63) is 53.6 Å². The van der Waals surface area contributed by atoms with Crippen LogP contribution in [0.15, 0.2) is 42.5 Å². The first-order valence-electron chi connectivity index (χ1n) is 9.77. The molecule has 0 unspecified atom stereocenters. The molecule has 28 heavy (non-hydrogen) atoms. The molecule has 5 nitrogen and oxygen atoms in total. The van der Waals surface area contributed by atoms with Crippen LogP contribution >= 0.6 is 0 Å². The number of hydrogen-bond donors (Lipinski definition) is 1. The highest BCUT2D eigenvalue weighted by Gasteiger charge is 2.29. The van der Waals surface area contributed by atoms with E-state index in [0.717, 1.165) is 22.7 Å². The fraction of sp³-hybridized carbons (Fsp3) is 0.435. The molecule has 0 aliphatic heterocycles. The maximum Gasteiger partial charge on any atom is 0.253 e. The predicted molar refractivity (Wildman–Crippen MR) is 117 cm³/mol. The van der Waals surface area contributed by atoms with Crippen LogP contribution in [0.4, 0.5) is 11.4 Å². The van der Waals surface area contributed by atoms with Gasteiger partial charge in [-0.2, -0.15) is 0 Å². The summed E-state index contributed by atoms with van der Waals surface area (Å²) in [6.07, 6.45) is 0. The van der Waals surface area contributed by atoms with Gasteiger partial charge in [-0.05, 0) is 78.2 Å².